The second kappa shape index (κ2) is 15.2. The van der Waals surface area contributed by atoms with E-state index in [0.29, 0.717) is 8.64 Å². The van der Waals surface area contributed by atoms with E-state index < -0.39 is 0 Å². The standard InChI is InChI=1S/2C3H7NS2.Fe/c2*1-2-4-3(5)6;/h2*2H2,1H3,(H2,4,5,6);/q;;+2/p-2. The molecule has 0 rings (SSSR count). The number of nitrogens with one attached hydrogen (secondary N) is 2. The van der Waals surface area contributed by atoms with E-state index in [1.807, 2.05) is 13.8 Å². The second-order valence-corrected chi connectivity index (χ2v) is 3.79. The van der Waals surface area contributed by atoms with Crippen LogP contribution in [0.1, 0.15) is 13.8 Å². The van der Waals surface area contributed by atoms with Crippen molar-refractivity contribution in [2.45, 2.75) is 13.8 Å². The van der Waals surface area contributed by atoms with Gasteiger partial charge in [-0.2, -0.15) is 0 Å². The Hall–Kier alpha value is 0.739. The van der Waals surface area contributed by atoms with Crippen molar-refractivity contribution in [2.75, 3.05) is 13.1 Å². The van der Waals surface area contributed by atoms with Gasteiger partial charge >= 0.3 is 17.1 Å². The van der Waals surface area contributed by atoms with E-state index in [-0.39, 0.29) is 17.1 Å². The maximum absolute atomic E-state index is 4.50. The van der Waals surface area contributed by atoms with Gasteiger partial charge in [0.1, 0.15) is 0 Å². The van der Waals surface area contributed by atoms with Crippen LogP contribution >= 0.6 is 24.4 Å². The predicted molar refractivity (Wildman–Crippen MR) is 67.3 cm³/mol. The molecule has 0 aliphatic rings. The minimum absolute atomic E-state index is 0. The van der Waals surface area contributed by atoms with E-state index >= 15 is 0 Å². The summed E-state index contributed by atoms with van der Waals surface area (Å²) in [5.74, 6) is 0. The van der Waals surface area contributed by atoms with Crippen LogP contribution in [-0.4, -0.2) is 21.7 Å². The van der Waals surface area contributed by atoms with Gasteiger partial charge in [-0.1, -0.05) is 8.64 Å². The summed E-state index contributed by atoms with van der Waals surface area (Å²) in [5.41, 5.74) is 0. The van der Waals surface area contributed by atoms with E-state index in [9.17, 15) is 0 Å². The van der Waals surface area contributed by atoms with Gasteiger partial charge in [-0.15, -0.1) is 0 Å². The third-order valence-corrected chi connectivity index (χ3v) is 1.22. The first-order chi connectivity index (χ1) is 5.54. The zero-order valence-corrected chi connectivity index (χ0v) is 11.8. The number of rotatable bonds is 2. The largest absolute Gasteiger partial charge is 2.00 e. The summed E-state index contributed by atoms with van der Waals surface area (Å²) in [6.07, 6.45) is 0. The van der Waals surface area contributed by atoms with Crippen LogP contribution in [0, 0.1) is 0 Å². The first-order valence-corrected chi connectivity index (χ1v) is 5.07. The van der Waals surface area contributed by atoms with Crippen LogP contribution in [0.15, 0.2) is 0 Å². The van der Waals surface area contributed by atoms with E-state index in [1.54, 1.807) is 0 Å². The Morgan fingerprint density at radius 1 is 1.00 bits per heavy atom. The fourth-order valence-electron chi connectivity index (χ4n) is 0.289. The number of thiocarbonyl (C=S) groups is 2. The van der Waals surface area contributed by atoms with Crippen molar-refractivity contribution in [3.63, 3.8) is 0 Å². The fraction of sp³-hybridized carbons (Fsp3) is 0.667. The van der Waals surface area contributed by atoms with E-state index in [1.165, 1.54) is 0 Å². The van der Waals surface area contributed by atoms with Gasteiger partial charge in [-0.05, 0) is 13.8 Å². The summed E-state index contributed by atoms with van der Waals surface area (Å²) < 4.78 is 0.912. The zero-order chi connectivity index (χ0) is 9.98. The number of hydrogen-bond donors (Lipinski definition) is 2. The number of hydrogen-bond acceptors (Lipinski definition) is 4. The monoisotopic (exact) mass is 296 g/mol. The summed E-state index contributed by atoms with van der Waals surface area (Å²) in [7, 11) is 0. The van der Waals surface area contributed by atoms with Crippen molar-refractivity contribution < 1.29 is 17.1 Å². The minimum Gasteiger partial charge on any atom is -0.412 e. The first-order valence-electron chi connectivity index (χ1n) is 3.44. The Morgan fingerprint density at radius 2 is 1.23 bits per heavy atom. The molecule has 0 fully saturated rings. The molecule has 13 heavy (non-hydrogen) atoms. The molecule has 0 spiro atoms. The van der Waals surface area contributed by atoms with Crippen LogP contribution < -0.4 is 10.6 Å². The van der Waals surface area contributed by atoms with Crippen molar-refractivity contribution in [3.05, 3.63) is 0 Å². The first kappa shape index (κ1) is 19.3. The molecule has 0 aromatic heterocycles. The topological polar surface area (TPSA) is 24.1 Å². The Bertz CT molecular complexity index is 127. The Kier molecular flexibility index (Phi) is 22.6. The van der Waals surface area contributed by atoms with E-state index in [4.69, 9.17) is 0 Å². The van der Waals surface area contributed by atoms with Crippen LogP contribution in [0.4, 0.5) is 0 Å². The van der Waals surface area contributed by atoms with E-state index in [0.717, 1.165) is 13.1 Å². The molecule has 0 bridgehead atoms. The van der Waals surface area contributed by atoms with Crippen LogP contribution in [0.3, 0.4) is 0 Å². The normalized spacial score (nSPS) is 6.92. The molecule has 0 unspecified atom stereocenters. The smallest absolute Gasteiger partial charge is 0.412 e. The van der Waals surface area contributed by atoms with Gasteiger partial charge in [-0.25, -0.2) is 0 Å². The third kappa shape index (κ3) is 32.3. The molecule has 2 N–H and O–H groups in total. The Morgan fingerprint density at radius 3 is 1.23 bits per heavy atom. The Labute approximate surface area is 112 Å². The van der Waals surface area contributed by atoms with Crippen molar-refractivity contribution >= 4 is 58.3 Å². The molecule has 0 aliphatic carbocycles. The molecule has 0 heterocycles. The quantitative estimate of drug-likeness (QED) is 0.445. The van der Waals surface area contributed by atoms with Gasteiger partial charge in [0, 0.05) is 13.1 Å². The Balaban J connectivity index is -0.000000143. The fourth-order valence-corrected chi connectivity index (χ4v) is 0.866. The molecular weight excluding hydrogens is 284 g/mol. The van der Waals surface area contributed by atoms with Gasteiger partial charge in [0.15, 0.2) is 0 Å². The van der Waals surface area contributed by atoms with Crippen LogP contribution in [-0.2, 0) is 42.3 Å². The van der Waals surface area contributed by atoms with Gasteiger partial charge in [-0.3, -0.25) is 0 Å². The molecular formula is C6H12FeN2S4. The molecule has 0 aromatic rings. The van der Waals surface area contributed by atoms with Crippen molar-refractivity contribution in [3.8, 4) is 0 Å². The molecule has 0 aromatic carbocycles. The molecule has 0 aliphatic heterocycles. The minimum atomic E-state index is 0. The molecule has 78 valence electrons. The molecule has 0 atom stereocenters. The molecule has 0 amide bonds. The predicted octanol–water partition coefficient (Wildman–Crippen LogP) is 0.853. The van der Waals surface area contributed by atoms with Crippen LogP contribution in [0.2, 0.25) is 0 Å². The summed E-state index contributed by atoms with van der Waals surface area (Å²) in [6, 6.07) is 0. The van der Waals surface area contributed by atoms with Gasteiger partial charge in [0.2, 0.25) is 0 Å². The summed E-state index contributed by atoms with van der Waals surface area (Å²) in [6.45, 7) is 5.59. The molecule has 2 nitrogen and oxygen atoms in total. The summed E-state index contributed by atoms with van der Waals surface area (Å²) in [4.78, 5) is 0. The van der Waals surface area contributed by atoms with Gasteiger partial charge < -0.3 is 60.3 Å². The molecule has 7 heteroatoms. The maximum atomic E-state index is 4.50. The third-order valence-electron chi connectivity index (χ3n) is 0.642. The SMILES string of the molecule is CCNC(=S)[S-].CCNC(=S)[S-].[Fe+2]. The van der Waals surface area contributed by atoms with Gasteiger partial charge in [0.25, 0.3) is 0 Å². The van der Waals surface area contributed by atoms with Crippen LogP contribution in [0.25, 0.3) is 0 Å². The summed E-state index contributed by atoms with van der Waals surface area (Å²) in [5, 5.41) is 5.51. The average Bonchev–Trinajstić information content (AvgIpc) is 1.87. The second-order valence-electron chi connectivity index (χ2n) is 1.64. The van der Waals surface area contributed by atoms with E-state index in [2.05, 4.69) is 60.3 Å². The van der Waals surface area contributed by atoms with Crippen molar-refractivity contribution in [1.82, 2.24) is 10.6 Å². The zero-order valence-electron chi connectivity index (χ0n) is 7.40. The maximum Gasteiger partial charge on any atom is 2.00 e. The summed E-state index contributed by atoms with van der Waals surface area (Å²) >= 11 is 18.0. The van der Waals surface area contributed by atoms with Crippen molar-refractivity contribution in [1.29, 1.82) is 0 Å². The van der Waals surface area contributed by atoms with Crippen molar-refractivity contribution in [2.24, 2.45) is 0 Å². The molecule has 0 saturated heterocycles. The average molecular weight is 296 g/mol. The molecule has 0 saturated carbocycles. The van der Waals surface area contributed by atoms with Crippen LogP contribution in [0.5, 0.6) is 0 Å². The molecule has 0 radical (unpaired) electrons. The van der Waals surface area contributed by atoms with Gasteiger partial charge in [0.05, 0.1) is 0 Å².